The van der Waals surface area contributed by atoms with Crippen LogP contribution in [0.3, 0.4) is 0 Å². The van der Waals surface area contributed by atoms with E-state index in [0.717, 1.165) is 32.5 Å². The van der Waals surface area contributed by atoms with Crippen LogP contribution in [0, 0.1) is 10.8 Å². The Balaban J connectivity index is 2.41. The van der Waals surface area contributed by atoms with Crippen LogP contribution in [0.1, 0.15) is 19.8 Å². The van der Waals surface area contributed by atoms with Crippen LogP contribution in [-0.2, 0) is 4.74 Å². The maximum Gasteiger partial charge on any atom is 0.188 e. The smallest absolute Gasteiger partial charge is 0.188 e. The van der Waals surface area contributed by atoms with Crippen LogP contribution in [0.5, 0.6) is 0 Å². The average Bonchev–Trinajstić information content (AvgIpc) is 2.05. The fourth-order valence-corrected chi connectivity index (χ4v) is 1.78. The first-order valence-electron chi connectivity index (χ1n) is 4.65. The maximum absolute atomic E-state index is 7.29. The molecule has 1 saturated heterocycles. The second-order valence-corrected chi connectivity index (χ2v) is 4.12. The van der Waals surface area contributed by atoms with Crippen molar-refractivity contribution in [3.63, 3.8) is 0 Å². The van der Waals surface area contributed by atoms with Crippen molar-refractivity contribution in [2.75, 3.05) is 26.8 Å². The summed E-state index contributed by atoms with van der Waals surface area (Å²) in [5.41, 5.74) is 5.69. The zero-order chi connectivity index (χ0) is 9.90. The molecule has 1 fully saturated rings. The fraction of sp³-hybridized carbons (Fsp3) is 0.889. The van der Waals surface area contributed by atoms with Crippen molar-refractivity contribution in [1.82, 2.24) is 4.90 Å². The zero-order valence-electron chi connectivity index (χ0n) is 8.47. The van der Waals surface area contributed by atoms with E-state index in [9.17, 15) is 0 Å². The lowest BCUT2D eigenvalue weighted by molar-refractivity contribution is 0.0502. The molecule has 4 heteroatoms. The molecule has 0 spiro atoms. The monoisotopic (exact) mass is 185 g/mol. The molecule has 0 aromatic carbocycles. The molecule has 0 radical (unpaired) electrons. The summed E-state index contributed by atoms with van der Waals surface area (Å²) in [6, 6.07) is 0. The summed E-state index contributed by atoms with van der Waals surface area (Å²) in [6.07, 6.45) is 2.11. The molecule has 1 aliphatic heterocycles. The minimum atomic E-state index is 0.194. The molecular formula is C9H19N3O. The number of likely N-dealkylation sites (tertiary alicyclic amines) is 1. The predicted molar refractivity (Wildman–Crippen MR) is 52.7 cm³/mol. The second-order valence-electron chi connectivity index (χ2n) is 4.12. The van der Waals surface area contributed by atoms with Gasteiger partial charge < -0.3 is 15.4 Å². The van der Waals surface area contributed by atoms with Crippen molar-refractivity contribution in [1.29, 1.82) is 5.41 Å². The number of ether oxygens (including phenoxy) is 1. The first kappa shape index (κ1) is 10.3. The van der Waals surface area contributed by atoms with E-state index in [4.69, 9.17) is 15.9 Å². The van der Waals surface area contributed by atoms with E-state index in [1.165, 1.54) is 0 Å². The van der Waals surface area contributed by atoms with Crippen LogP contribution in [0.15, 0.2) is 0 Å². The van der Waals surface area contributed by atoms with Gasteiger partial charge in [0.2, 0.25) is 0 Å². The topological polar surface area (TPSA) is 62.3 Å². The highest BCUT2D eigenvalue weighted by atomic mass is 16.5. The Morgan fingerprint density at radius 1 is 1.54 bits per heavy atom. The summed E-state index contributed by atoms with van der Waals surface area (Å²) in [5, 5.41) is 7.29. The summed E-state index contributed by atoms with van der Waals surface area (Å²) in [6.45, 7) is 4.80. The number of nitrogens with two attached hydrogens (primary N) is 1. The standard InChI is InChI=1S/C9H19N3O/c1-9(7-13-2)3-5-12(6-4-9)8(10)11/h3-7H2,1-2H3,(H3,10,11). The molecular weight excluding hydrogens is 166 g/mol. The molecule has 0 saturated carbocycles. The number of nitrogens with one attached hydrogen (secondary N) is 1. The highest BCUT2D eigenvalue weighted by Crippen LogP contribution is 2.30. The van der Waals surface area contributed by atoms with E-state index in [-0.39, 0.29) is 11.4 Å². The van der Waals surface area contributed by atoms with Gasteiger partial charge in [0, 0.05) is 20.2 Å². The quantitative estimate of drug-likeness (QED) is 0.490. The summed E-state index contributed by atoms with van der Waals surface area (Å²) in [4.78, 5) is 1.91. The minimum Gasteiger partial charge on any atom is -0.384 e. The number of guanidine groups is 1. The first-order chi connectivity index (χ1) is 6.07. The average molecular weight is 185 g/mol. The molecule has 0 bridgehead atoms. The van der Waals surface area contributed by atoms with Crippen LogP contribution in [0.4, 0.5) is 0 Å². The molecule has 3 N–H and O–H groups in total. The van der Waals surface area contributed by atoms with Gasteiger partial charge in [-0.25, -0.2) is 0 Å². The van der Waals surface area contributed by atoms with Gasteiger partial charge in [-0.05, 0) is 18.3 Å². The highest BCUT2D eigenvalue weighted by molar-refractivity contribution is 5.74. The number of methoxy groups -OCH3 is 1. The number of piperidine rings is 1. The number of nitrogens with zero attached hydrogens (tertiary/aromatic N) is 1. The number of rotatable bonds is 2. The van der Waals surface area contributed by atoms with E-state index >= 15 is 0 Å². The van der Waals surface area contributed by atoms with E-state index in [0.29, 0.717) is 0 Å². The van der Waals surface area contributed by atoms with Crippen molar-refractivity contribution in [3.8, 4) is 0 Å². The first-order valence-corrected chi connectivity index (χ1v) is 4.65. The molecule has 1 aliphatic rings. The molecule has 0 amide bonds. The maximum atomic E-state index is 7.29. The van der Waals surface area contributed by atoms with E-state index in [2.05, 4.69) is 6.92 Å². The Morgan fingerprint density at radius 2 is 2.08 bits per heavy atom. The Kier molecular flexibility index (Phi) is 3.14. The van der Waals surface area contributed by atoms with E-state index < -0.39 is 0 Å². The van der Waals surface area contributed by atoms with Gasteiger partial charge in [-0.2, -0.15) is 0 Å². The van der Waals surface area contributed by atoms with Crippen molar-refractivity contribution >= 4 is 5.96 Å². The van der Waals surface area contributed by atoms with Crippen molar-refractivity contribution < 1.29 is 4.74 Å². The highest BCUT2D eigenvalue weighted by Gasteiger charge is 2.30. The van der Waals surface area contributed by atoms with Gasteiger partial charge in [-0.15, -0.1) is 0 Å². The summed E-state index contributed by atoms with van der Waals surface area (Å²) < 4.78 is 5.18. The van der Waals surface area contributed by atoms with Gasteiger partial charge in [0.25, 0.3) is 0 Å². The Morgan fingerprint density at radius 3 is 2.46 bits per heavy atom. The largest absolute Gasteiger partial charge is 0.384 e. The Labute approximate surface area is 79.6 Å². The lowest BCUT2D eigenvalue weighted by atomic mass is 9.81. The van der Waals surface area contributed by atoms with E-state index in [1.807, 2.05) is 4.90 Å². The molecule has 76 valence electrons. The fourth-order valence-electron chi connectivity index (χ4n) is 1.78. The van der Waals surface area contributed by atoms with Gasteiger partial charge in [0.1, 0.15) is 0 Å². The summed E-state index contributed by atoms with van der Waals surface area (Å²) >= 11 is 0. The number of hydrogen-bond donors (Lipinski definition) is 2. The van der Waals surface area contributed by atoms with Crippen molar-refractivity contribution in [3.05, 3.63) is 0 Å². The minimum absolute atomic E-state index is 0.194. The van der Waals surface area contributed by atoms with Gasteiger partial charge in [-0.1, -0.05) is 6.92 Å². The zero-order valence-corrected chi connectivity index (χ0v) is 8.47. The van der Waals surface area contributed by atoms with Crippen LogP contribution >= 0.6 is 0 Å². The molecule has 1 heterocycles. The SMILES string of the molecule is COCC1(C)CCN(C(=N)N)CC1. The molecule has 1 rings (SSSR count). The molecule has 13 heavy (non-hydrogen) atoms. The van der Waals surface area contributed by atoms with Gasteiger partial charge in [-0.3, -0.25) is 5.41 Å². The van der Waals surface area contributed by atoms with Gasteiger partial charge in [0.15, 0.2) is 5.96 Å². The molecule has 0 aromatic heterocycles. The molecule has 4 nitrogen and oxygen atoms in total. The van der Waals surface area contributed by atoms with E-state index in [1.54, 1.807) is 7.11 Å². The van der Waals surface area contributed by atoms with Gasteiger partial charge >= 0.3 is 0 Å². The molecule has 0 unspecified atom stereocenters. The Bertz CT molecular complexity index is 185. The third-order valence-corrected chi connectivity index (χ3v) is 2.80. The third-order valence-electron chi connectivity index (χ3n) is 2.80. The van der Waals surface area contributed by atoms with Crippen molar-refractivity contribution in [2.45, 2.75) is 19.8 Å². The predicted octanol–water partition coefficient (Wildman–Crippen LogP) is 0.628. The van der Waals surface area contributed by atoms with Crippen LogP contribution < -0.4 is 5.73 Å². The normalized spacial score (nSPS) is 21.5. The van der Waals surface area contributed by atoms with Crippen LogP contribution in [0.2, 0.25) is 0 Å². The van der Waals surface area contributed by atoms with Crippen LogP contribution in [-0.4, -0.2) is 37.7 Å². The third kappa shape index (κ3) is 2.59. The summed E-state index contributed by atoms with van der Waals surface area (Å²) in [5.74, 6) is 0.194. The lowest BCUT2D eigenvalue weighted by Crippen LogP contribution is -2.46. The Hall–Kier alpha value is -0.770. The number of hydrogen-bond acceptors (Lipinski definition) is 2. The molecule has 0 atom stereocenters. The summed E-state index contributed by atoms with van der Waals surface area (Å²) in [7, 11) is 1.74. The van der Waals surface area contributed by atoms with Gasteiger partial charge in [0.05, 0.1) is 6.61 Å². The molecule has 0 aromatic rings. The second kappa shape index (κ2) is 3.96. The molecule has 0 aliphatic carbocycles. The van der Waals surface area contributed by atoms with Crippen LogP contribution in [0.25, 0.3) is 0 Å². The lowest BCUT2D eigenvalue weighted by Gasteiger charge is -2.39. The van der Waals surface area contributed by atoms with Crippen molar-refractivity contribution in [2.24, 2.45) is 11.1 Å².